The Labute approximate surface area is 389 Å². The molecule has 0 saturated carbocycles. The second-order valence-corrected chi connectivity index (χ2v) is 16.1. The molecule has 67 heavy (non-hydrogen) atoms. The molecule has 0 radical (unpaired) electrons. The fraction of sp³-hybridized carbons (Fsp3) is 0.0877. The van der Waals surface area contributed by atoms with Crippen LogP contribution < -0.4 is 30.7 Å². The zero-order valence-electron chi connectivity index (χ0n) is 37.2. The van der Waals surface area contributed by atoms with Gasteiger partial charge in [-0.05, 0) is 144 Å². The molecule has 10 heteroatoms. The van der Waals surface area contributed by atoms with Crippen LogP contribution in [0.4, 0.5) is 22.7 Å². The van der Waals surface area contributed by atoms with Crippen LogP contribution in [0.1, 0.15) is 79.2 Å². The van der Waals surface area contributed by atoms with Crippen molar-refractivity contribution in [2.45, 2.75) is 33.1 Å². The van der Waals surface area contributed by atoms with E-state index < -0.39 is 5.91 Å². The van der Waals surface area contributed by atoms with Crippen molar-refractivity contribution in [1.29, 1.82) is 0 Å². The summed E-state index contributed by atoms with van der Waals surface area (Å²) in [6.45, 7) is 6.13. The summed E-state index contributed by atoms with van der Waals surface area (Å²) in [5, 5.41) is 12.0. The Morgan fingerprint density at radius 1 is 0.418 bits per heavy atom. The van der Waals surface area contributed by atoms with E-state index in [0.717, 1.165) is 11.1 Å². The fourth-order valence-electron chi connectivity index (χ4n) is 7.36. The van der Waals surface area contributed by atoms with Gasteiger partial charge in [-0.1, -0.05) is 93.6 Å². The fourth-order valence-corrected chi connectivity index (χ4v) is 7.36. The summed E-state index contributed by atoms with van der Waals surface area (Å²) in [6, 6.07) is 57.6. The van der Waals surface area contributed by atoms with Gasteiger partial charge in [0.15, 0.2) is 0 Å². The van der Waals surface area contributed by atoms with Gasteiger partial charge in [0.25, 0.3) is 23.6 Å². The van der Waals surface area contributed by atoms with Crippen molar-refractivity contribution in [3.05, 3.63) is 228 Å². The van der Waals surface area contributed by atoms with Crippen LogP contribution in [-0.2, 0) is 6.42 Å². The summed E-state index contributed by atoms with van der Waals surface area (Å²) in [6.07, 6.45) is 0.706. The monoisotopic (exact) mass is 884 g/mol. The van der Waals surface area contributed by atoms with Gasteiger partial charge in [0.2, 0.25) is 0 Å². The highest BCUT2D eigenvalue weighted by atomic mass is 16.5. The molecule has 0 saturated heterocycles. The van der Waals surface area contributed by atoms with E-state index in [1.54, 1.807) is 127 Å². The molecule has 0 heterocycles. The average Bonchev–Trinajstić information content (AvgIpc) is 3.35. The van der Waals surface area contributed by atoms with Crippen LogP contribution in [-0.4, -0.2) is 23.6 Å². The Morgan fingerprint density at radius 3 is 1.45 bits per heavy atom. The first-order chi connectivity index (χ1) is 32.6. The minimum Gasteiger partial charge on any atom is -0.457 e. The molecule has 8 aromatic rings. The minimum atomic E-state index is -0.396. The Balaban J connectivity index is 1.08. The smallest absolute Gasteiger partial charge is 0.256 e. The van der Waals surface area contributed by atoms with E-state index in [0.29, 0.717) is 85.5 Å². The number of aryl methyl sites for hydroxylation is 1. The zero-order valence-corrected chi connectivity index (χ0v) is 37.2. The van der Waals surface area contributed by atoms with E-state index in [9.17, 15) is 19.2 Å². The van der Waals surface area contributed by atoms with Crippen LogP contribution in [0.3, 0.4) is 0 Å². The minimum absolute atomic E-state index is 0.100. The largest absolute Gasteiger partial charge is 0.457 e. The maximum atomic E-state index is 14.4. The molecule has 0 aliphatic rings. The molecule has 0 aromatic heterocycles. The number of nitrogens with one attached hydrogen (secondary N) is 4. The summed E-state index contributed by atoms with van der Waals surface area (Å²) in [5.74, 6) is 0.988. The van der Waals surface area contributed by atoms with Crippen molar-refractivity contribution in [1.82, 2.24) is 0 Å². The van der Waals surface area contributed by atoms with Crippen molar-refractivity contribution in [3.8, 4) is 34.1 Å². The summed E-state index contributed by atoms with van der Waals surface area (Å²) in [5.41, 5.74) is 7.00. The maximum Gasteiger partial charge on any atom is 0.256 e. The molecule has 8 rings (SSSR count). The van der Waals surface area contributed by atoms with Gasteiger partial charge in [-0.25, -0.2) is 0 Å². The third-order valence-electron chi connectivity index (χ3n) is 10.9. The second-order valence-electron chi connectivity index (χ2n) is 16.1. The van der Waals surface area contributed by atoms with Gasteiger partial charge in [0, 0.05) is 56.6 Å². The lowest BCUT2D eigenvalue weighted by atomic mass is 9.96. The molecular weight excluding hydrogens is 837 g/mol. The molecular formula is C57H48N4O6. The summed E-state index contributed by atoms with van der Waals surface area (Å²) in [7, 11) is 0. The van der Waals surface area contributed by atoms with Gasteiger partial charge in [0.1, 0.15) is 23.0 Å². The van der Waals surface area contributed by atoms with Crippen molar-refractivity contribution in [2.24, 2.45) is 0 Å². The van der Waals surface area contributed by atoms with Crippen molar-refractivity contribution >= 4 is 46.4 Å². The van der Waals surface area contributed by atoms with Gasteiger partial charge in [-0.2, -0.15) is 0 Å². The van der Waals surface area contributed by atoms with Crippen LogP contribution in [0.15, 0.2) is 194 Å². The summed E-state index contributed by atoms with van der Waals surface area (Å²) >= 11 is 0. The molecule has 0 atom stereocenters. The molecule has 8 aromatic carbocycles. The number of anilines is 4. The predicted octanol–water partition coefficient (Wildman–Crippen LogP) is 13.6. The molecule has 0 spiro atoms. The predicted molar refractivity (Wildman–Crippen MR) is 266 cm³/mol. The van der Waals surface area contributed by atoms with Gasteiger partial charge >= 0.3 is 0 Å². The zero-order chi connectivity index (χ0) is 46.7. The lowest BCUT2D eigenvalue weighted by Crippen LogP contribution is -2.16. The van der Waals surface area contributed by atoms with Crippen LogP contribution in [0.5, 0.6) is 23.0 Å². The molecule has 4 N–H and O–H groups in total. The standard InChI is InChI=1S/C57H48N4O6/c1-4-38-30-48(66-46-26-24-43(25-27-46)58-54(62)39-16-8-5-9-17-39)35-49(31-38)67-47-28-29-53(61-56(64)41-20-12-7-13-21-41)52(36-47)50-22-14-15-23-51(50)57(65)60-45-33-42(37(2)3)32-44(34-45)59-55(63)40-18-10-6-11-19-40/h5-37H,4H2,1-3H3,(H,58,62)(H,59,63)(H,60,65)(H,61,64). The van der Waals surface area contributed by atoms with Gasteiger partial charge in [-0.15, -0.1) is 0 Å². The first-order valence-corrected chi connectivity index (χ1v) is 22.0. The quantitative estimate of drug-likeness (QED) is 0.0810. The Morgan fingerprint density at radius 2 is 0.896 bits per heavy atom. The summed E-state index contributed by atoms with van der Waals surface area (Å²) in [4.78, 5) is 53.8. The number of hydrogen-bond acceptors (Lipinski definition) is 6. The van der Waals surface area contributed by atoms with E-state index in [2.05, 4.69) is 21.3 Å². The molecule has 0 bridgehead atoms. The maximum absolute atomic E-state index is 14.4. The van der Waals surface area contributed by atoms with Crippen molar-refractivity contribution in [2.75, 3.05) is 21.3 Å². The molecule has 0 aliphatic carbocycles. The van der Waals surface area contributed by atoms with Crippen molar-refractivity contribution in [3.63, 3.8) is 0 Å². The van der Waals surface area contributed by atoms with Crippen LogP contribution in [0.25, 0.3) is 11.1 Å². The SMILES string of the molecule is CCc1cc(Oc2ccc(NC(=O)c3ccccc3)cc2)cc(Oc2ccc(NC(=O)c3ccccc3)c(-c3ccccc3C(=O)Nc3cc(NC(=O)c4ccccc4)cc(C(C)C)c3)c2)c1. The third-order valence-corrected chi connectivity index (χ3v) is 10.9. The molecule has 0 fully saturated rings. The third kappa shape index (κ3) is 11.5. The van der Waals surface area contributed by atoms with E-state index in [4.69, 9.17) is 9.47 Å². The van der Waals surface area contributed by atoms with Gasteiger partial charge < -0.3 is 30.7 Å². The van der Waals surface area contributed by atoms with E-state index >= 15 is 0 Å². The molecule has 0 unspecified atom stereocenters. The lowest BCUT2D eigenvalue weighted by Gasteiger charge is -2.18. The number of carbonyl (C=O) groups excluding carboxylic acids is 4. The van der Waals surface area contributed by atoms with E-state index in [-0.39, 0.29) is 23.6 Å². The Hall–Kier alpha value is -8.76. The number of amides is 4. The molecule has 0 aliphatic heterocycles. The number of benzene rings is 8. The van der Waals surface area contributed by atoms with Gasteiger partial charge in [-0.3, -0.25) is 19.2 Å². The van der Waals surface area contributed by atoms with Crippen LogP contribution in [0, 0.1) is 0 Å². The summed E-state index contributed by atoms with van der Waals surface area (Å²) < 4.78 is 12.8. The van der Waals surface area contributed by atoms with Crippen molar-refractivity contribution < 1.29 is 28.7 Å². The normalized spacial score (nSPS) is 10.7. The van der Waals surface area contributed by atoms with Gasteiger partial charge in [0.05, 0.1) is 0 Å². The highest BCUT2D eigenvalue weighted by Gasteiger charge is 2.20. The first-order valence-electron chi connectivity index (χ1n) is 22.0. The molecule has 332 valence electrons. The highest BCUT2D eigenvalue weighted by molar-refractivity contribution is 6.12. The Bertz CT molecular complexity index is 3050. The number of hydrogen-bond donors (Lipinski definition) is 4. The lowest BCUT2D eigenvalue weighted by molar-refractivity contribution is 0.101. The topological polar surface area (TPSA) is 135 Å². The van der Waals surface area contributed by atoms with E-state index in [1.165, 1.54) is 0 Å². The number of rotatable bonds is 15. The molecule has 4 amide bonds. The number of ether oxygens (including phenoxy) is 2. The van der Waals surface area contributed by atoms with Crippen LogP contribution >= 0.6 is 0 Å². The van der Waals surface area contributed by atoms with E-state index in [1.807, 2.05) is 87.5 Å². The number of carbonyl (C=O) groups is 4. The Kier molecular flexibility index (Phi) is 13.9. The first kappa shape index (κ1) is 44.8. The molecule has 10 nitrogen and oxygen atoms in total. The second kappa shape index (κ2) is 20.8. The van der Waals surface area contributed by atoms with Crippen LogP contribution in [0.2, 0.25) is 0 Å². The average molecular weight is 885 g/mol. The highest BCUT2D eigenvalue weighted by Crippen LogP contribution is 2.38.